The second-order valence-corrected chi connectivity index (χ2v) is 7.01. The Morgan fingerprint density at radius 1 is 1.38 bits per heavy atom. The van der Waals surface area contributed by atoms with Gasteiger partial charge in [-0.2, -0.15) is 5.10 Å². The Balaban J connectivity index is 2.08. The Morgan fingerprint density at radius 3 is 2.76 bits per heavy atom. The van der Waals surface area contributed by atoms with Crippen LogP contribution in [-0.2, 0) is 6.42 Å². The Labute approximate surface area is 130 Å². The van der Waals surface area contributed by atoms with Gasteiger partial charge in [-0.15, -0.1) is 0 Å². The molecule has 3 heteroatoms. The normalized spacial score (nSPS) is 26.4. The summed E-state index contributed by atoms with van der Waals surface area (Å²) in [6.07, 6.45) is 12.1. The van der Waals surface area contributed by atoms with Crippen LogP contribution in [0.3, 0.4) is 0 Å². The van der Waals surface area contributed by atoms with Crippen molar-refractivity contribution in [2.75, 3.05) is 6.54 Å². The molecule has 2 N–H and O–H groups in total. The van der Waals surface area contributed by atoms with Gasteiger partial charge in [0.05, 0.1) is 11.7 Å². The summed E-state index contributed by atoms with van der Waals surface area (Å²) >= 11 is 0. The van der Waals surface area contributed by atoms with E-state index in [4.69, 9.17) is 10.8 Å². The standard InChI is InChI=1S/C18H33N3/c1-4-15-8-7-10-18(12-15,14-19)13-16-9-11-21(20-16)17(5-2)6-3/h9,11,15,17H,4-8,10,12-14,19H2,1-3H3. The van der Waals surface area contributed by atoms with Gasteiger partial charge in [0, 0.05) is 6.20 Å². The second-order valence-electron chi connectivity index (χ2n) is 7.01. The molecule has 1 aromatic heterocycles. The van der Waals surface area contributed by atoms with Crippen molar-refractivity contribution in [3.63, 3.8) is 0 Å². The molecule has 0 aromatic carbocycles. The van der Waals surface area contributed by atoms with Crippen molar-refractivity contribution < 1.29 is 0 Å². The Hall–Kier alpha value is -0.830. The highest BCUT2D eigenvalue weighted by Crippen LogP contribution is 2.42. The molecule has 0 amide bonds. The largest absolute Gasteiger partial charge is 0.330 e. The van der Waals surface area contributed by atoms with Crippen LogP contribution in [0, 0.1) is 11.3 Å². The summed E-state index contributed by atoms with van der Waals surface area (Å²) in [6, 6.07) is 2.76. The van der Waals surface area contributed by atoms with Gasteiger partial charge in [-0.25, -0.2) is 0 Å². The maximum absolute atomic E-state index is 6.19. The Morgan fingerprint density at radius 2 is 2.14 bits per heavy atom. The molecule has 2 rings (SSSR count). The summed E-state index contributed by atoms with van der Waals surface area (Å²) in [6.45, 7) is 7.61. The fourth-order valence-corrected chi connectivity index (χ4v) is 4.07. The molecule has 1 aliphatic carbocycles. The van der Waals surface area contributed by atoms with Crippen molar-refractivity contribution in [2.45, 2.75) is 78.2 Å². The van der Waals surface area contributed by atoms with E-state index in [1.807, 2.05) is 0 Å². The van der Waals surface area contributed by atoms with Gasteiger partial charge in [0.1, 0.15) is 0 Å². The van der Waals surface area contributed by atoms with Crippen molar-refractivity contribution >= 4 is 0 Å². The number of nitrogens with two attached hydrogens (primary N) is 1. The fraction of sp³-hybridized carbons (Fsp3) is 0.833. The summed E-state index contributed by atoms with van der Waals surface area (Å²) in [7, 11) is 0. The van der Waals surface area contributed by atoms with E-state index >= 15 is 0 Å². The van der Waals surface area contributed by atoms with E-state index in [-0.39, 0.29) is 0 Å². The summed E-state index contributed by atoms with van der Waals surface area (Å²) in [5.41, 5.74) is 7.72. The first kappa shape index (κ1) is 16.5. The van der Waals surface area contributed by atoms with Crippen LogP contribution in [0.4, 0.5) is 0 Å². The summed E-state index contributed by atoms with van der Waals surface area (Å²) in [5, 5.41) is 4.85. The zero-order chi connectivity index (χ0) is 15.3. The van der Waals surface area contributed by atoms with Crippen molar-refractivity contribution in [1.29, 1.82) is 0 Å². The molecule has 1 aliphatic rings. The van der Waals surface area contributed by atoms with Gasteiger partial charge in [-0.1, -0.05) is 40.0 Å². The minimum atomic E-state index is 0.298. The molecule has 120 valence electrons. The Kier molecular flexibility index (Phi) is 5.86. The van der Waals surface area contributed by atoms with Crippen LogP contribution in [-0.4, -0.2) is 16.3 Å². The van der Waals surface area contributed by atoms with Crippen LogP contribution in [0.2, 0.25) is 0 Å². The molecule has 3 nitrogen and oxygen atoms in total. The summed E-state index contributed by atoms with van der Waals surface area (Å²) in [5.74, 6) is 0.864. The fourth-order valence-electron chi connectivity index (χ4n) is 4.07. The molecular formula is C18H33N3. The third-order valence-corrected chi connectivity index (χ3v) is 5.59. The predicted octanol–water partition coefficient (Wildman–Crippen LogP) is 4.33. The smallest absolute Gasteiger partial charge is 0.0630 e. The number of aromatic nitrogens is 2. The first-order valence-corrected chi connectivity index (χ1v) is 8.90. The van der Waals surface area contributed by atoms with Crippen LogP contribution < -0.4 is 5.73 Å². The second kappa shape index (κ2) is 7.44. The monoisotopic (exact) mass is 291 g/mol. The molecule has 1 heterocycles. The van der Waals surface area contributed by atoms with E-state index in [1.54, 1.807) is 0 Å². The molecule has 1 aromatic rings. The highest BCUT2D eigenvalue weighted by Gasteiger charge is 2.35. The number of hydrogen-bond acceptors (Lipinski definition) is 2. The maximum atomic E-state index is 6.19. The van der Waals surface area contributed by atoms with Gasteiger partial charge in [-0.05, 0) is 56.0 Å². The molecule has 2 atom stereocenters. The quantitative estimate of drug-likeness (QED) is 0.812. The van der Waals surface area contributed by atoms with Crippen LogP contribution in [0.25, 0.3) is 0 Å². The molecule has 0 spiro atoms. The topological polar surface area (TPSA) is 43.8 Å². The molecule has 2 unspecified atom stereocenters. The van der Waals surface area contributed by atoms with Gasteiger partial charge < -0.3 is 5.73 Å². The summed E-state index contributed by atoms with van der Waals surface area (Å²) < 4.78 is 2.17. The maximum Gasteiger partial charge on any atom is 0.0630 e. The lowest BCUT2D eigenvalue weighted by Gasteiger charge is -2.40. The average molecular weight is 291 g/mol. The van der Waals surface area contributed by atoms with Crippen molar-refractivity contribution in [1.82, 2.24) is 9.78 Å². The first-order chi connectivity index (χ1) is 10.2. The summed E-state index contributed by atoms with van der Waals surface area (Å²) in [4.78, 5) is 0. The van der Waals surface area contributed by atoms with Crippen LogP contribution >= 0.6 is 0 Å². The highest BCUT2D eigenvalue weighted by atomic mass is 15.3. The van der Waals surface area contributed by atoms with Gasteiger partial charge in [0.15, 0.2) is 0 Å². The average Bonchev–Trinajstić information content (AvgIpc) is 2.97. The lowest BCUT2D eigenvalue weighted by molar-refractivity contribution is 0.141. The first-order valence-electron chi connectivity index (χ1n) is 8.90. The Bertz CT molecular complexity index is 422. The number of rotatable bonds is 7. The van der Waals surface area contributed by atoms with Gasteiger partial charge in [0.25, 0.3) is 0 Å². The van der Waals surface area contributed by atoms with Gasteiger partial charge in [0.2, 0.25) is 0 Å². The molecule has 1 saturated carbocycles. The van der Waals surface area contributed by atoms with Gasteiger partial charge in [-0.3, -0.25) is 4.68 Å². The van der Waals surface area contributed by atoms with Crippen LogP contribution in [0.1, 0.15) is 77.5 Å². The minimum Gasteiger partial charge on any atom is -0.330 e. The van der Waals surface area contributed by atoms with Crippen molar-refractivity contribution in [3.8, 4) is 0 Å². The predicted molar refractivity (Wildman–Crippen MR) is 89.3 cm³/mol. The van der Waals surface area contributed by atoms with E-state index in [9.17, 15) is 0 Å². The van der Waals surface area contributed by atoms with Crippen LogP contribution in [0.5, 0.6) is 0 Å². The third kappa shape index (κ3) is 3.88. The SMILES string of the molecule is CCC1CCCC(CN)(Cc2ccn(C(CC)CC)n2)C1. The van der Waals surface area contributed by atoms with Crippen LogP contribution in [0.15, 0.2) is 12.3 Å². The highest BCUT2D eigenvalue weighted by molar-refractivity contribution is 5.05. The number of nitrogens with zero attached hydrogens (tertiary/aromatic N) is 2. The van der Waals surface area contributed by atoms with E-state index in [1.165, 1.54) is 37.8 Å². The molecular weight excluding hydrogens is 258 g/mol. The van der Waals surface area contributed by atoms with E-state index in [0.717, 1.165) is 31.7 Å². The number of hydrogen-bond donors (Lipinski definition) is 1. The molecule has 0 bridgehead atoms. The zero-order valence-electron chi connectivity index (χ0n) is 14.1. The van der Waals surface area contributed by atoms with Crippen molar-refractivity contribution in [2.24, 2.45) is 17.1 Å². The lowest BCUT2D eigenvalue weighted by Crippen LogP contribution is -2.38. The zero-order valence-corrected chi connectivity index (χ0v) is 14.1. The lowest BCUT2D eigenvalue weighted by atomic mass is 9.66. The van der Waals surface area contributed by atoms with E-state index < -0.39 is 0 Å². The van der Waals surface area contributed by atoms with E-state index in [2.05, 4.69) is 37.7 Å². The molecule has 1 fully saturated rings. The molecule has 0 saturated heterocycles. The van der Waals surface area contributed by atoms with E-state index in [0.29, 0.717) is 11.5 Å². The van der Waals surface area contributed by atoms with Gasteiger partial charge >= 0.3 is 0 Å². The minimum absolute atomic E-state index is 0.298. The molecule has 0 radical (unpaired) electrons. The third-order valence-electron chi connectivity index (χ3n) is 5.59. The molecule has 0 aliphatic heterocycles. The molecule has 21 heavy (non-hydrogen) atoms. The van der Waals surface area contributed by atoms with Crippen molar-refractivity contribution in [3.05, 3.63) is 18.0 Å².